The van der Waals surface area contributed by atoms with E-state index in [1.54, 1.807) is 53.4 Å². The van der Waals surface area contributed by atoms with E-state index in [1.807, 2.05) is 53.7 Å². The molecule has 1 saturated heterocycles. The number of nitrogens with zero attached hydrogens (tertiary/aromatic N) is 3. The summed E-state index contributed by atoms with van der Waals surface area (Å²) in [4.78, 5) is 60.0. The van der Waals surface area contributed by atoms with Gasteiger partial charge in [0.15, 0.2) is 14.9 Å². The lowest BCUT2D eigenvalue weighted by atomic mass is 9.89. The van der Waals surface area contributed by atoms with Crippen molar-refractivity contribution in [3.63, 3.8) is 0 Å². The third kappa shape index (κ3) is 15.9. The van der Waals surface area contributed by atoms with Gasteiger partial charge >= 0.3 is 24.2 Å². The largest absolute Gasteiger partial charge is 0.486 e. The predicted molar refractivity (Wildman–Crippen MR) is 250 cm³/mol. The normalized spacial score (nSPS) is 18.7. The van der Waals surface area contributed by atoms with E-state index < -0.39 is 66.7 Å². The second-order valence-corrected chi connectivity index (χ2v) is 28.0. The molecular weight excluding hydrogens is 851 g/mol. The fourth-order valence-corrected chi connectivity index (χ4v) is 8.53. The van der Waals surface area contributed by atoms with Crippen molar-refractivity contribution in [1.29, 1.82) is 0 Å². The first-order chi connectivity index (χ1) is 29.5. The van der Waals surface area contributed by atoms with Crippen molar-refractivity contribution < 1.29 is 56.8 Å². The molecule has 1 fully saturated rings. The van der Waals surface area contributed by atoms with E-state index in [1.165, 1.54) is 0 Å². The number of alkyl carbamates (subject to hydrolysis) is 1. The highest BCUT2D eigenvalue weighted by molar-refractivity contribution is 6.74. The molecule has 2 aliphatic rings. The van der Waals surface area contributed by atoms with Crippen LogP contribution in [0.2, 0.25) is 18.1 Å². The standard InChI is InChI=1S/C48H79N5O11Si/c1-43(2,3)59-39(54)48(16,64-50-41(56)61-45(7,8)9)38-22-20-34-25-33(19-21-37(34)58-38)35-29-52(28-32-23-24-51(27-32)42(57)62-46(10,11)12)53(30-35)31-36(63-65(17,18)47(13,14)15)26-49-40(55)60-44(4,5)6/h19,21,25,29-30,32,36,38H,20,22-24,26-28,31H2,1-18H3,(H-,49,50,55,56)/p+1/t32-,36?,38-,48?/m1/s1. The van der Waals surface area contributed by atoms with Crippen LogP contribution in [0, 0.1) is 5.92 Å². The van der Waals surface area contributed by atoms with Gasteiger partial charge in [-0.1, -0.05) is 26.8 Å². The summed E-state index contributed by atoms with van der Waals surface area (Å²) in [5.41, 5.74) is 0.558. The number of benzene rings is 1. The Balaban J connectivity index is 1.68. The third-order valence-electron chi connectivity index (χ3n) is 11.3. The molecule has 0 saturated carbocycles. The molecule has 2 N–H and O–H groups in total. The highest BCUT2D eigenvalue weighted by Crippen LogP contribution is 2.39. The van der Waals surface area contributed by atoms with Crippen LogP contribution < -0.4 is 20.2 Å². The maximum atomic E-state index is 13.7. The average Bonchev–Trinajstić information content (AvgIpc) is 3.76. The van der Waals surface area contributed by atoms with Crippen LogP contribution in [-0.2, 0) is 52.5 Å². The number of amides is 3. The molecule has 0 aliphatic carbocycles. The topological polar surface area (TPSA) is 169 Å². The van der Waals surface area contributed by atoms with Crippen molar-refractivity contribution in [2.75, 3.05) is 19.6 Å². The Hall–Kier alpha value is -4.35. The van der Waals surface area contributed by atoms with Crippen molar-refractivity contribution >= 4 is 32.6 Å². The van der Waals surface area contributed by atoms with Gasteiger partial charge in [0.2, 0.25) is 11.8 Å². The Morgan fingerprint density at radius 3 is 1.98 bits per heavy atom. The molecular formula is C48H80N5O11Si+. The number of esters is 1. The molecule has 1 aromatic carbocycles. The molecule has 2 aromatic rings. The van der Waals surface area contributed by atoms with Gasteiger partial charge in [0, 0.05) is 25.6 Å². The van der Waals surface area contributed by atoms with E-state index in [2.05, 4.69) is 72.5 Å². The number of aryl methyl sites for hydroxylation is 1. The number of carbonyl (C=O) groups is 4. The van der Waals surface area contributed by atoms with Gasteiger partial charge in [-0.3, -0.25) is 0 Å². The summed E-state index contributed by atoms with van der Waals surface area (Å²) in [6.45, 7) is 36.6. The Morgan fingerprint density at radius 2 is 1.40 bits per heavy atom. The van der Waals surface area contributed by atoms with Crippen molar-refractivity contribution in [3.05, 3.63) is 36.2 Å². The first-order valence-corrected chi connectivity index (χ1v) is 25.9. The van der Waals surface area contributed by atoms with E-state index in [0.717, 1.165) is 23.1 Å². The fraction of sp³-hybridized carbons (Fsp3) is 0.729. The summed E-state index contributed by atoms with van der Waals surface area (Å²) in [6.07, 6.45) is 3.09. The van der Waals surface area contributed by atoms with Gasteiger partial charge in [-0.05, 0) is 151 Å². The van der Waals surface area contributed by atoms with Crippen LogP contribution in [-0.4, -0.2) is 102 Å². The molecule has 0 bridgehead atoms. The molecule has 4 rings (SSSR count). The van der Waals surface area contributed by atoms with Gasteiger partial charge in [-0.15, -0.1) is 4.68 Å². The molecule has 3 heterocycles. The Labute approximate surface area is 388 Å². The summed E-state index contributed by atoms with van der Waals surface area (Å²) >= 11 is 0. The molecule has 366 valence electrons. The second kappa shape index (κ2) is 19.9. The highest BCUT2D eigenvalue weighted by atomic mass is 28.4. The van der Waals surface area contributed by atoms with Gasteiger partial charge in [-0.25, -0.2) is 24.0 Å². The molecule has 4 atom stereocenters. The summed E-state index contributed by atoms with van der Waals surface area (Å²) in [7, 11) is -2.32. The van der Waals surface area contributed by atoms with Crippen LogP contribution in [0.25, 0.3) is 11.1 Å². The van der Waals surface area contributed by atoms with Gasteiger partial charge in [0.25, 0.3) is 0 Å². The van der Waals surface area contributed by atoms with E-state index >= 15 is 0 Å². The molecule has 65 heavy (non-hydrogen) atoms. The highest BCUT2D eigenvalue weighted by Gasteiger charge is 2.50. The van der Waals surface area contributed by atoms with E-state index in [9.17, 15) is 19.2 Å². The Morgan fingerprint density at radius 1 is 0.800 bits per heavy atom. The minimum atomic E-state index is -2.32. The Bertz CT molecular complexity index is 2000. The maximum absolute atomic E-state index is 13.7. The first kappa shape index (κ1) is 53.3. The van der Waals surface area contributed by atoms with Crippen molar-refractivity contribution in [3.8, 4) is 16.9 Å². The molecule has 17 heteroatoms. The quantitative estimate of drug-likeness (QED) is 0.0647. The van der Waals surface area contributed by atoms with Crippen LogP contribution in [0.5, 0.6) is 5.75 Å². The smallest absolute Gasteiger partial charge is 0.431 e. The minimum Gasteiger partial charge on any atom is -0.486 e. The second-order valence-electron chi connectivity index (χ2n) is 23.2. The SMILES string of the molecule is CC(C)(C)OC(=O)NCC(Cn1cc(-c2ccc3c(c2)CC[C@H](C(C)(ONC(=O)OC(C)(C)C)C(=O)OC(C)(C)C)O3)c[n+]1C[C@@H]1CCN(C(=O)OC(C)(C)C)C1)O[Si](C)(C)C(C)(C)C. The summed E-state index contributed by atoms with van der Waals surface area (Å²) in [6, 6.07) is 5.95. The number of nitrogens with one attached hydrogen (secondary N) is 2. The molecule has 1 aromatic heterocycles. The lowest BCUT2D eigenvalue weighted by Crippen LogP contribution is -2.58. The number of hydroxylamine groups is 1. The first-order valence-electron chi connectivity index (χ1n) is 23.0. The lowest BCUT2D eigenvalue weighted by Gasteiger charge is -2.39. The molecule has 3 amide bonds. The molecule has 16 nitrogen and oxygen atoms in total. The maximum Gasteiger partial charge on any atom is 0.431 e. The van der Waals surface area contributed by atoms with Crippen LogP contribution in [0.3, 0.4) is 0 Å². The van der Waals surface area contributed by atoms with Crippen LogP contribution in [0.4, 0.5) is 14.4 Å². The third-order valence-corrected chi connectivity index (χ3v) is 15.9. The minimum absolute atomic E-state index is 0.0841. The summed E-state index contributed by atoms with van der Waals surface area (Å²) < 4.78 is 40.3. The average molecular weight is 931 g/mol. The molecule has 2 unspecified atom stereocenters. The van der Waals surface area contributed by atoms with Crippen molar-refractivity contribution in [2.24, 2.45) is 5.92 Å². The van der Waals surface area contributed by atoms with Crippen molar-refractivity contribution in [1.82, 2.24) is 20.4 Å². The van der Waals surface area contributed by atoms with Gasteiger partial charge in [0.1, 0.15) is 40.8 Å². The fourth-order valence-electron chi connectivity index (χ4n) is 7.18. The van der Waals surface area contributed by atoms with E-state index in [4.69, 9.17) is 32.9 Å². The zero-order chi connectivity index (χ0) is 49.1. The number of rotatable bonds is 13. The number of hydrogen-bond donors (Lipinski definition) is 2. The molecule has 0 spiro atoms. The summed E-state index contributed by atoms with van der Waals surface area (Å²) in [5.74, 6) is 0.0525. The molecule has 0 radical (unpaired) electrons. The number of ether oxygens (including phenoxy) is 5. The monoisotopic (exact) mass is 931 g/mol. The Kier molecular flexibility index (Phi) is 16.3. The summed E-state index contributed by atoms with van der Waals surface area (Å²) in [5, 5.41) is 2.88. The van der Waals surface area contributed by atoms with Crippen LogP contribution >= 0.6 is 0 Å². The van der Waals surface area contributed by atoms with Crippen LogP contribution in [0.1, 0.15) is 129 Å². The number of hydrogen-bond acceptors (Lipinski definition) is 11. The van der Waals surface area contributed by atoms with Gasteiger partial charge in [-0.2, -0.15) is 10.2 Å². The van der Waals surface area contributed by atoms with Crippen LogP contribution in [0.15, 0.2) is 30.6 Å². The number of fused-ring (bicyclic) bond motifs is 1. The zero-order valence-electron chi connectivity index (χ0n) is 42.6. The van der Waals surface area contributed by atoms with Gasteiger partial charge in [0.05, 0.1) is 17.9 Å². The van der Waals surface area contributed by atoms with Crippen molar-refractivity contribution in [2.45, 2.75) is 201 Å². The molecule has 2 aliphatic heterocycles. The number of aromatic nitrogens is 2. The van der Waals surface area contributed by atoms with Gasteiger partial charge < -0.3 is 38.3 Å². The van der Waals surface area contributed by atoms with E-state index in [0.29, 0.717) is 44.8 Å². The van der Waals surface area contributed by atoms with E-state index in [-0.39, 0.29) is 23.6 Å². The lowest BCUT2D eigenvalue weighted by molar-refractivity contribution is -0.780. The zero-order valence-corrected chi connectivity index (χ0v) is 43.6. The number of likely N-dealkylation sites (tertiary alicyclic amines) is 1. The number of carbonyl (C=O) groups excluding carboxylic acids is 4. The predicted octanol–water partition coefficient (Wildman–Crippen LogP) is 8.87.